The van der Waals surface area contributed by atoms with E-state index in [0.717, 1.165) is 49.0 Å². The Labute approximate surface area is 146 Å². The van der Waals surface area contributed by atoms with Crippen molar-refractivity contribution in [1.29, 1.82) is 0 Å². The molecule has 0 saturated carbocycles. The second-order valence-electron chi connectivity index (χ2n) is 6.24. The Balaban J connectivity index is 1.64. The van der Waals surface area contributed by atoms with Crippen LogP contribution < -0.4 is 15.0 Å². The number of hydrogen-bond donors (Lipinski definition) is 1. The Hall–Kier alpha value is -2.44. The van der Waals surface area contributed by atoms with Crippen LogP contribution in [0.1, 0.15) is 24.4 Å². The highest BCUT2D eigenvalue weighted by Gasteiger charge is 2.20. The van der Waals surface area contributed by atoms with Gasteiger partial charge in [0.15, 0.2) is 0 Å². The molecule has 1 aliphatic heterocycles. The number of hydrogen-bond acceptors (Lipinski definition) is 5. The SMILES string of the molecule is Cc1cc(NC2CCCN(c3ccc(OC(F)F)cc3)C2)nc(C)n1. The van der Waals surface area contributed by atoms with Gasteiger partial charge in [-0.25, -0.2) is 9.97 Å². The summed E-state index contributed by atoms with van der Waals surface area (Å²) in [6, 6.07) is 9.02. The summed E-state index contributed by atoms with van der Waals surface area (Å²) in [5.74, 6) is 1.78. The fraction of sp³-hybridized carbons (Fsp3) is 0.444. The van der Waals surface area contributed by atoms with Gasteiger partial charge in [0, 0.05) is 36.6 Å². The third kappa shape index (κ3) is 4.78. The molecule has 25 heavy (non-hydrogen) atoms. The third-order valence-corrected chi connectivity index (χ3v) is 4.17. The smallest absolute Gasteiger partial charge is 0.387 e. The van der Waals surface area contributed by atoms with Crippen LogP contribution in [0.25, 0.3) is 0 Å². The topological polar surface area (TPSA) is 50.3 Å². The van der Waals surface area contributed by atoms with E-state index in [2.05, 4.69) is 24.9 Å². The van der Waals surface area contributed by atoms with Crippen LogP contribution in [0.15, 0.2) is 30.3 Å². The van der Waals surface area contributed by atoms with Crippen molar-refractivity contribution < 1.29 is 13.5 Å². The van der Waals surface area contributed by atoms with E-state index in [-0.39, 0.29) is 11.8 Å². The number of piperidine rings is 1. The third-order valence-electron chi connectivity index (χ3n) is 4.17. The maximum atomic E-state index is 12.2. The summed E-state index contributed by atoms with van der Waals surface area (Å²) in [5, 5.41) is 3.48. The van der Waals surface area contributed by atoms with Gasteiger partial charge in [-0.2, -0.15) is 8.78 Å². The molecule has 1 unspecified atom stereocenters. The number of nitrogens with zero attached hydrogens (tertiary/aromatic N) is 3. The van der Waals surface area contributed by atoms with Crippen molar-refractivity contribution in [2.24, 2.45) is 0 Å². The van der Waals surface area contributed by atoms with E-state index in [4.69, 9.17) is 0 Å². The second-order valence-corrected chi connectivity index (χ2v) is 6.24. The van der Waals surface area contributed by atoms with Crippen molar-refractivity contribution in [3.8, 4) is 5.75 Å². The lowest BCUT2D eigenvalue weighted by atomic mass is 10.0. The van der Waals surface area contributed by atoms with Crippen LogP contribution in [-0.4, -0.2) is 35.7 Å². The molecule has 0 radical (unpaired) electrons. The molecule has 3 rings (SSSR count). The van der Waals surface area contributed by atoms with Crippen molar-refractivity contribution in [3.05, 3.63) is 41.9 Å². The summed E-state index contributed by atoms with van der Waals surface area (Å²) in [6.45, 7) is 2.81. The number of aryl methyl sites for hydroxylation is 2. The summed E-state index contributed by atoms with van der Waals surface area (Å²) in [7, 11) is 0. The molecule has 1 aromatic heterocycles. The lowest BCUT2D eigenvalue weighted by Crippen LogP contribution is -2.42. The fourth-order valence-electron chi connectivity index (χ4n) is 3.17. The van der Waals surface area contributed by atoms with E-state index in [0.29, 0.717) is 0 Å². The highest BCUT2D eigenvalue weighted by molar-refractivity contribution is 5.50. The zero-order valence-electron chi connectivity index (χ0n) is 14.4. The van der Waals surface area contributed by atoms with Gasteiger partial charge in [0.25, 0.3) is 0 Å². The van der Waals surface area contributed by atoms with E-state index in [1.54, 1.807) is 12.1 Å². The molecule has 7 heteroatoms. The first kappa shape index (κ1) is 17.4. The Bertz CT molecular complexity index is 688. The number of benzene rings is 1. The van der Waals surface area contributed by atoms with Gasteiger partial charge in [-0.3, -0.25) is 0 Å². The van der Waals surface area contributed by atoms with E-state index in [1.807, 2.05) is 32.0 Å². The minimum absolute atomic E-state index is 0.178. The molecule has 0 amide bonds. The second kappa shape index (κ2) is 7.63. The van der Waals surface area contributed by atoms with Crippen LogP contribution >= 0.6 is 0 Å². The zero-order valence-corrected chi connectivity index (χ0v) is 14.4. The molecular formula is C18H22F2N4O. The number of nitrogens with one attached hydrogen (secondary N) is 1. The molecule has 0 bridgehead atoms. The van der Waals surface area contributed by atoms with Crippen LogP contribution in [0.4, 0.5) is 20.3 Å². The zero-order chi connectivity index (χ0) is 17.8. The first-order chi connectivity index (χ1) is 12.0. The van der Waals surface area contributed by atoms with Gasteiger partial charge in [0.05, 0.1) is 0 Å². The highest BCUT2D eigenvalue weighted by Crippen LogP contribution is 2.24. The Morgan fingerprint density at radius 1 is 1.20 bits per heavy atom. The molecule has 5 nitrogen and oxygen atoms in total. The van der Waals surface area contributed by atoms with E-state index in [1.165, 1.54) is 0 Å². The van der Waals surface area contributed by atoms with Gasteiger partial charge in [-0.1, -0.05) is 0 Å². The van der Waals surface area contributed by atoms with E-state index < -0.39 is 6.61 Å². The standard InChI is InChI=1S/C18H22F2N4O/c1-12-10-17(22-13(2)21-12)23-14-4-3-9-24(11-14)15-5-7-16(8-6-15)25-18(19)20/h5-8,10,14,18H,3-4,9,11H2,1-2H3,(H,21,22,23). The molecule has 134 valence electrons. The Morgan fingerprint density at radius 3 is 2.64 bits per heavy atom. The van der Waals surface area contributed by atoms with Gasteiger partial charge in [-0.15, -0.1) is 0 Å². The monoisotopic (exact) mass is 348 g/mol. The van der Waals surface area contributed by atoms with Crippen molar-refractivity contribution in [1.82, 2.24) is 9.97 Å². The summed E-state index contributed by atoms with van der Waals surface area (Å²) < 4.78 is 28.9. The van der Waals surface area contributed by atoms with Crippen LogP contribution in [-0.2, 0) is 0 Å². The van der Waals surface area contributed by atoms with Crippen LogP contribution in [0.5, 0.6) is 5.75 Å². The summed E-state index contributed by atoms with van der Waals surface area (Å²) in [6.07, 6.45) is 2.11. The maximum absolute atomic E-state index is 12.2. The fourth-order valence-corrected chi connectivity index (χ4v) is 3.17. The molecule has 1 aliphatic rings. The van der Waals surface area contributed by atoms with Crippen LogP contribution in [0, 0.1) is 13.8 Å². The average Bonchev–Trinajstić information content (AvgIpc) is 2.54. The number of halogens is 2. The van der Waals surface area contributed by atoms with Gasteiger partial charge in [0.1, 0.15) is 17.4 Å². The Kier molecular flexibility index (Phi) is 5.31. The number of ether oxygens (including phenoxy) is 1. The molecule has 0 aliphatic carbocycles. The van der Waals surface area contributed by atoms with Gasteiger partial charge < -0.3 is 15.0 Å². The van der Waals surface area contributed by atoms with Gasteiger partial charge in [-0.05, 0) is 51.0 Å². The number of anilines is 2. The lowest BCUT2D eigenvalue weighted by molar-refractivity contribution is -0.0498. The first-order valence-electron chi connectivity index (χ1n) is 8.38. The molecule has 1 aromatic carbocycles. The van der Waals surface area contributed by atoms with Gasteiger partial charge >= 0.3 is 6.61 Å². The van der Waals surface area contributed by atoms with Crippen LogP contribution in [0.2, 0.25) is 0 Å². The summed E-state index contributed by atoms with van der Waals surface area (Å²) in [5.41, 5.74) is 1.94. The first-order valence-corrected chi connectivity index (χ1v) is 8.38. The van der Waals surface area contributed by atoms with Crippen molar-refractivity contribution in [3.63, 3.8) is 0 Å². The molecule has 2 aromatic rings. The molecule has 1 fully saturated rings. The minimum Gasteiger partial charge on any atom is -0.435 e. The molecule has 1 saturated heterocycles. The quantitative estimate of drug-likeness (QED) is 0.891. The maximum Gasteiger partial charge on any atom is 0.387 e. The number of aromatic nitrogens is 2. The van der Waals surface area contributed by atoms with E-state index in [9.17, 15) is 8.78 Å². The van der Waals surface area contributed by atoms with E-state index >= 15 is 0 Å². The summed E-state index contributed by atoms with van der Waals surface area (Å²) in [4.78, 5) is 11.0. The Morgan fingerprint density at radius 2 is 1.96 bits per heavy atom. The molecule has 0 spiro atoms. The van der Waals surface area contributed by atoms with Crippen molar-refractivity contribution in [2.75, 3.05) is 23.3 Å². The molecular weight excluding hydrogens is 326 g/mol. The van der Waals surface area contributed by atoms with Crippen molar-refractivity contribution >= 4 is 11.5 Å². The molecule has 1 atom stereocenters. The predicted molar refractivity (Wildman–Crippen MR) is 93.4 cm³/mol. The van der Waals surface area contributed by atoms with Crippen molar-refractivity contribution in [2.45, 2.75) is 39.3 Å². The summed E-state index contributed by atoms with van der Waals surface area (Å²) >= 11 is 0. The number of alkyl halides is 2. The largest absolute Gasteiger partial charge is 0.435 e. The molecule has 1 N–H and O–H groups in total. The highest BCUT2D eigenvalue weighted by atomic mass is 19.3. The lowest BCUT2D eigenvalue weighted by Gasteiger charge is -2.35. The average molecular weight is 348 g/mol. The normalized spacial score (nSPS) is 17.6. The van der Waals surface area contributed by atoms with Crippen LogP contribution in [0.3, 0.4) is 0 Å². The van der Waals surface area contributed by atoms with Gasteiger partial charge in [0.2, 0.25) is 0 Å². The molecule has 2 heterocycles. The minimum atomic E-state index is -2.80. The predicted octanol–water partition coefficient (Wildman–Crippen LogP) is 3.78. The number of rotatable bonds is 5.